The first-order chi connectivity index (χ1) is 13.2. The molecule has 0 spiro atoms. The number of aliphatic imine (C=N–C) groups is 1. The minimum absolute atomic E-state index is 0.0129. The fraction of sp³-hybridized carbons (Fsp3) is 0.190. The molecule has 0 N–H and O–H groups in total. The molecule has 0 radical (unpaired) electrons. The van der Waals surface area contributed by atoms with E-state index in [9.17, 15) is 8.78 Å². The van der Waals surface area contributed by atoms with E-state index < -0.39 is 11.6 Å². The maximum atomic E-state index is 13.9. The Balaban J connectivity index is 1.41. The number of hydrogen-bond acceptors (Lipinski definition) is 4. The number of thiophene rings is 1. The van der Waals surface area contributed by atoms with Gasteiger partial charge >= 0.3 is 0 Å². The summed E-state index contributed by atoms with van der Waals surface area (Å²) in [7, 11) is 0. The molecule has 0 bridgehead atoms. The zero-order valence-electron chi connectivity index (χ0n) is 14.4. The van der Waals surface area contributed by atoms with E-state index in [1.54, 1.807) is 11.3 Å². The highest BCUT2D eigenvalue weighted by Crippen LogP contribution is 2.27. The van der Waals surface area contributed by atoms with Crippen LogP contribution in [0.1, 0.15) is 27.6 Å². The van der Waals surface area contributed by atoms with E-state index in [-0.39, 0.29) is 24.1 Å². The zero-order valence-corrected chi connectivity index (χ0v) is 15.2. The molecule has 0 saturated heterocycles. The SMILES string of the molecule is Fc1cccc(F)c1C1=NC(c2ccc(COCc3cccs3)cc2)CO1. The molecule has 3 nitrogen and oxygen atoms in total. The van der Waals surface area contributed by atoms with Gasteiger partial charge in [-0.05, 0) is 34.7 Å². The Morgan fingerprint density at radius 1 is 1.00 bits per heavy atom. The molecule has 2 heterocycles. The number of halogens is 2. The Kier molecular flexibility index (Phi) is 5.27. The van der Waals surface area contributed by atoms with Crippen LogP contribution < -0.4 is 0 Å². The molecule has 0 aliphatic carbocycles. The normalized spacial score (nSPS) is 16.2. The first kappa shape index (κ1) is 17.8. The van der Waals surface area contributed by atoms with Gasteiger partial charge in [0.15, 0.2) is 0 Å². The predicted octanol–water partition coefficient (Wildman–Crippen LogP) is 5.26. The second-order valence-electron chi connectivity index (χ2n) is 6.17. The van der Waals surface area contributed by atoms with E-state index in [2.05, 4.69) is 4.99 Å². The molecule has 0 fully saturated rings. The lowest BCUT2D eigenvalue weighted by atomic mass is 10.1. The topological polar surface area (TPSA) is 30.8 Å². The van der Waals surface area contributed by atoms with Crippen molar-refractivity contribution in [3.8, 4) is 0 Å². The van der Waals surface area contributed by atoms with Gasteiger partial charge in [-0.1, -0.05) is 36.4 Å². The van der Waals surface area contributed by atoms with Gasteiger partial charge in [-0.25, -0.2) is 13.8 Å². The van der Waals surface area contributed by atoms with E-state index in [0.29, 0.717) is 13.2 Å². The number of benzene rings is 2. The van der Waals surface area contributed by atoms with Crippen LogP contribution in [0.2, 0.25) is 0 Å². The average molecular weight is 385 g/mol. The number of ether oxygens (including phenoxy) is 2. The summed E-state index contributed by atoms with van der Waals surface area (Å²) in [6, 6.07) is 15.3. The minimum Gasteiger partial charge on any atom is -0.475 e. The molecule has 1 aliphatic rings. The van der Waals surface area contributed by atoms with Crippen LogP contribution in [0, 0.1) is 11.6 Å². The van der Waals surface area contributed by atoms with E-state index in [1.807, 2.05) is 41.8 Å². The van der Waals surface area contributed by atoms with Crippen molar-refractivity contribution in [3.05, 3.63) is 93.2 Å². The highest BCUT2D eigenvalue weighted by Gasteiger charge is 2.26. The number of nitrogens with zero attached hydrogens (tertiary/aromatic N) is 1. The van der Waals surface area contributed by atoms with E-state index >= 15 is 0 Å². The summed E-state index contributed by atoms with van der Waals surface area (Å²) in [5.41, 5.74) is 1.78. The quantitative estimate of drug-likeness (QED) is 0.579. The minimum atomic E-state index is -0.673. The Morgan fingerprint density at radius 3 is 2.48 bits per heavy atom. The summed E-state index contributed by atoms with van der Waals surface area (Å²) in [5, 5.41) is 2.03. The van der Waals surface area contributed by atoms with Gasteiger partial charge in [0.25, 0.3) is 0 Å². The molecule has 3 aromatic rings. The summed E-state index contributed by atoms with van der Waals surface area (Å²) in [4.78, 5) is 5.55. The highest BCUT2D eigenvalue weighted by atomic mass is 32.1. The van der Waals surface area contributed by atoms with Gasteiger partial charge in [-0.3, -0.25) is 0 Å². The van der Waals surface area contributed by atoms with Crippen molar-refractivity contribution in [1.82, 2.24) is 0 Å². The van der Waals surface area contributed by atoms with Crippen LogP contribution in [-0.2, 0) is 22.7 Å². The van der Waals surface area contributed by atoms with E-state index in [0.717, 1.165) is 11.1 Å². The monoisotopic (exact) mass is 385 g/mol. The first-order valence-corrected chi connectivity index (χ1v) is 9.42. The molecule has 138 valence electrons. The lowest BCUT2D eigenvalue weighted by Crippen LogP contribution is -2.07. The van der Waals surface area contributed by atoms with Gasteiger partial charge in [0, 0.05) is 4.88 Å². The van der Waals surface area contributed by atoms with Crippen molar-refractivity contribution >= 4 is 17.2 Å². The average Bonchev–Trinajstić information content (AvgIpc) is 3.35. The van der Waals surface area contributed by atoms with E-state index in [4.69, 9.17) is 9.47 Å². The largest absolute Gasteiger partial charge is 0.475 e. The maximum absolute atomic E-state index is 13.9. The van der Waals surface area contributed by atoms with Crippen molar-refractivity contribution in [3.63, 3.8) is 0 Å². The third-order valence-electron chi connectivity index (χ3n) is 4.29. The summed E-state index contributed by atoms with van der Waals surface area (Å²) in [6.07, 6.45) is 0. The second kappa shape index (κ2) is 7.98. The lowest BCUT2D eigenvalue weighted by molar-refractivity contribution is 0.109. The van der Waals surface area contributed by atoms with Gasteiger partial charge in [-0.15, -0.1) is 11.3 Å². The van der Waals surface area contributed by atoms with Crippen LogP contribution in [-0.4, -0.2) is 12.5 Å². The van der Waals surface area contributed by atoms with Gasteiger partial charge in [0.2, 0.25) is 5.90 Å². The van der Waals surface area contributed by atoms with Gasteiger partial charge in [-0.2, -0.15) is 0 Å². The van der Waals surface area contributed by atoms with Crippen molar-refractivity contribution < 1.29 is 18.3 Å². The lowest BCUT2D eigenvalue weighted by Gasteiger charge is -2.07. The van der Waals surface area contributed by atoms with Gasteiger partial charge in [0.1, 0.15) is 29.8 Å². The molecule has 1 atom stereocenters. The molecule has 4 rings (SSSR count). The molecule has 1 aliphatic heterocycles. The Bertz CT molecular complexity index is 919. The molecular formula is C21H17F2NO2S. The van der Waals surface area contributed by atoms with Crippen molar-refractivity contribution in [2.75, 3.05) is 6.61 Å². The molecule has 1 aromatic heterocycles. The van der Waals surface area contributed by atoms with Gasteiger partial charge in [0.05, 0.1) is 13.2 Å². The Morgan fingerprint density at radius 2 is 1.78 bits per heavy atom. The molecule has 2 aromatic carbocycles. The summed E-state index contributed by atoms with van der Waals surface area (Å²) >= 11 is 1.67. The third-order valence-corrected chi connectivity index (χ3v) is 5.14. The number of hydrogen-bond donors (Lipinski definition) is 0. The Hall–Kier alpha value is -2.57. The Labute approximate surface area is 159 Å². The van der Waals surface area contributed by atoms with Crippen LogP contribution >= 0.6 is 11.3 Å². The highest BCUT2D eigenvalue weighted by molar-refractivity contribution is 7.09. The van der Waals surface area contributed by atoms with Crippen LogP contribution in [0.3, 0.4) is 0 Å². The van der Waals surface area contributed by atoms with E-state index in [1.165, 1.54) is 23.1 Å². The van der Waals surface area contributed by atoms with Crippen LogP contribution in [0.25, 0.3) is 0 Å². The van der Waals surface area contributed by atoms with Crippen molar-refractivity contribution in [1.29, 1.82) is 0 Å². The summed E-state index contributed by atoms with van der Waals surface area (Å²) in [6.45, 7) is 1.38. The molecule has 0 amide bonds. The zero-order chi connectivity index (χ0) is 18.6. The summed E-state index contributed by atoms with van der Waals surface area (Å²) < 4.78 is 38.9. The predicted molar refractivity (Wildman–Crippen MR) is 101 cm³/mol. The first-order valence-electron chi connectivity index (χ1n) is 8.54. The molecule has 27 heavy (non-hydrogen) atoms. The van der Waals surface area contributed by atoms with Crippen molar-refractivity contribution in [2.45, 2.75) is 19.3 Å². The maximum Gasteiger partial charge on any atom is 0.222 e. The van der Waals surface area contributed by atoms with Crippen LogP contribution in [0.5, 0.6) is 0 Å². The molecule has 0 saturated carbocycles. The molecule has 1 unspecified atom stereocenters. The van der Waals surface area contributed by atoms with Crippen molar-refractivity contribution in [2.24, 2.45) is 4.99 Å². The fourth-order valence-corrected chi connectivity index (χ4v) is 3.52. The van der Waals surface area contributed by atoms with Gasteiger partial charge < -0.3 is 9.47 Å². The van der Waals surface area contributed by atoms with Crippen LogP contribution in [0.15, 0.2) is 65.0 Å². The smallest absolute Gasteiger partial charge is 0.222 e. The number of rotatable bonds is 6. The second-order valence-corrected chi connectivity index (χ2v) is 7.20. The summed E-state index contributed by atoms with van der Waals surface area (Å²) in [5.74, 6) is -1.33. The van der Waals surface area contributed by atoms with Crippen LogP contribution in [0.4, 0.5) is 8.78 Å². The molecular weight excluding hydrogens is 368 g/mol. The standard InChI is InChI=1S/C21H17F2NO2S/c22-17-4-1-5-18(23)20(17)21-24-19(13-26-21)15-8-6-14(7-9-15)11-25-12-16-3-2-10-27-16/h1-10,19H,11-13H2. The fourth-order valence-electron chi connectivity index (χ4n) is 2.88. The third kappa shape index (κ3) is 4.07. The molecule has 6 heteroatoms.